The third-order valence-corrected chi connectivity index (χ3v) is 6.38. The van der Waals surface area contributed by atoms with Gasteiger partial charge in [-0.3, -0.25) is 9.59 Å². The number of aryl methyl sites for hydroxylation is 1. The Bertz CT molecular complexity index is 1130. The Balaban J connectivity index is 1.72. The van der Waals surface area contributed by atoms with E-state index < -0.39 is 6.17 Å². The van der Waals surface area contributed by atoms with Crippen molar-refractivity contribution in [1.82, 2.24) is 4.90 Å². The van der Waals surface area contributed by atoms with Crippen molar-refractivity contribution in [1.29, 1.82) is 0 Å². The van der Waals surface area contributed by atoms with Gasteiger partial charge < -0.3 is 20.7 Å². The van der Waals surface area contributed by atoms with Crippen LogP contribution in [-0.2, 0) is 20.7 Å². The molecule has 0 saturated carbocycles. The third kappa shape index (κ3) is 8.52. The molecule has 1 aliphatic rings. The minimum Gasteiger partial charge on any atom is -0.465 e. The molecule has 8 heteroatoms. The van der Waals surface area contributed by atoms with E-state index in [-0.39, 0.29) is 18.4 Å². The Hall–Kier alpha value is -3.52. The molecule has 38 heavy (non-hydrogen) atoms. The summed E-state index contributed by atoms with van der Waals surface area (Å²) in [7, 11) is 0. The number of hydrogen-bond acceptors (Lipinski definition) is 7. The van der Waals surface area contributed by atoms with Gasteiger partial charge in [0.25, 0.3) is 0 Å². The highest BCUT2D eigenvalue weighted by molar-refractivity contribution is 5.99. The first-order chi connectivity index (χ1) is 18.3. The van der Waals surface area contributed by atoms with Crippen LogP contribution >= 0.6 is 0 Å². The molecule has 0 aliphatic carbocycles. The first-order valence-electron chi connectivity index (χ1n) is 13.5. The molecule has 0 fully saturated rings. The van der Waals surface area contributed by atoms with E-state index in [2.05, 4.69) is 28.7 Å². The van der Waals surface area contributed by atoms with Crippen LogP contribution in [0.2, 0.25) is 0 Å². The van der Waals surface area contributed by atoms with E-state index in [1.807, 2.05) is 51.1 Å². The van der Waals surface area contributed by atoms with Crippen molar-refractivity contribution in [2.45, 2.75) is 59.0 Å². The highest BCUT2D eigenvalue weighted by atomic mass is 16.5. The predicted molar refractivity (Wildman–Crippen MR) is 152 cm³/mol. The molecule has 0 radical (unpaired) electrons. The van der Waals surface area contributed by atoms with Crippen molar-refractivity contribution in [3.8, 4) is 11.1 Å². The van der Waals surface area contributed by atoms with E-state index in [0.29, 0.717) is 56.9 Å². The maximum atomic E-state index is 13.3. The second-order valence-corrected chi connectivity index (χ2v) is 10.2. The molecule has 1 unspecified atom stereocenters. The number of carbonyl (C=O) groups excluding carboxylic acids is 2. The number of ether oxygens (including phenoxy) is 1. The molecular weight excluding hydrogens is 480 g/mol. The fraction of sp³-hybridized carbons (Fsp3) is 0.467. The van der Waals surface area contributed by atoms with Crippen LogP contribution in [0.25, 0.3) is 17.2 Å². The van der Waals surface area contributed by atoms with Gasteiger partial charge in [-0.15, -0.1) is 0 Å². The number of rotatable bonds is 13. The number of amides is 1. The largest absolute Gasteiger partial charge is 0.465 e. The fourth-order valence-corrected chi connectivity index (χ4v) is 4.43. The lowest BCUT2D eigenvalue weighted by molar-refractivity contribution is -0.144. The molecule has 2 aromatic rings. The molecule has 1 heterocycles. The highest BCUT2D eigenvalue weighted by Crippen LogP contribution is 2.31. The maximum Gasteiger partial charge on any atom is 0.306 e. The molecule has 1 amide bonds. The Morgan fingerprint density at radius 2 is 1.87 bits per heavy atom. The predicted octanol–water partition coefficient (Wildman–Crippen LogP) is 5.36. The van der Waals surface area contributed by atoms with Gasteiger partial charge in [-0.2, -0.15) is 4.91 Å². The van der Waals surface area contributed by atoms with E-state index in [4.69, 9.17) is 10.5 Å². The minimum absolute atomic E-state index is 0.0457. The van der Waals surface area contributed by atoms with Gasteiger partial charge in [-0.05, 0) is 59.6 Å². The lowest BCUT2D eigenvalue weighted by Gasteiger charge is -2.23. The van der Waals surface area contributed by atoms with Crippen LogP contribution in [-0.4, -0.2) is 49.2 Å². The molecule has 204 valence electrons. The summed E-state index contributed by atoms with van der Waals surface area (Å²) in [6.07, 6.45) is 4.31. The van der Waals surface area contributed by atoms with Crippen molar-refractivity contribution in [3.63, 3.8) is 0 Å². The van der Waals surface area contributed by atoms with Crippen LogP contribution in [0.3, 0.4) is 0 Å². The number of benzene rings is 2. The number of anilines is 1. The normalized spacial score (nSPS) is 14.7. The van der Waals surface area contributed by atoms with E-state index in [1.165, 1.54) is 0 Å². The van der Waals surface area contributed by atoms with E-state index >= 15 is 0 Å². The van der Waals surface area contributed by atoms with Crippen molar-refractivity contribution in [3.05, 3.63) is 64.1 Å². The summed E-state index contributed by atoms with van der Waals surface area (Å²) in [5.74, 6) is 0.117. The maximum absolute atomic E-state index is 13.3. The molecule has 0 spiro atoms. The monoisotopic (exact) mass is 520 g/mol. The molecule has 2 aromatic carbocycles. The molecular formula is C30H40N4O4. The molecule has 1 atom stereocenters. The fourth-order valence-electron chi connectivity index (χ4n) is 4.43. The summed E-state index contributed by atoms with van der Waals surface area (Å²) < 4.78 is 5.26. The van der Waals surface area contributed by atoms with Gasteiger partial charge in [0.1, 0.15) is 0 Å². The van der Waals surface area contributed by atoms with Crippen LogP contribution in [0.4, 0.5) is 5.69 Å². The zero-order valence-corrected chi connectivity index (χ0v) is 22.7. The smallest absolute Gasteiger partial charge is 0.306 e. The lowest BCUT2D eigenvalue weighted by Crippen LogP contribution is -2.37. The summed E-state index contributed by atoms with van der Waals surface area (Å²) in [5.41, 5.74) is 12.0. The van der Waals surface area contributed by atoms with Crippen LogP contribution in [0.1, 0.15) is 57.6 Å². The second kappa shape index (κ2) is 14.4. The van der Waals surface area contributed by atoms with Crippen LogP contribution < -0.4 is 11.1 Å². The molecule has 3 rings (SSSR count). The molecule has 8 nitrogen and oxygen atoms in total. The first-order valence-corrected chi connectivity index (χ1v) is 13.5. The topological polar surface area (TPSA) is 114 Å². The van der Waals surface area contributed by atoms with Gasteiger partial charge in [0, 0.05) is 37.2 Å². The molecule has 1 aliphatic heterocycles. The number of hydrogen-bond donors (Lipinski definition) is 2. The quantitative estimate of drug-likeness (QED) is 0.209. The van der Waals surface area contributed by atoms with Crippen molar-refractivity contribution in [2.24, 2.45) is 16.8 Å². The molecule has 3 N–H and O–H groups in total. The summed E-state index contributed by atoms with van der Waals surface area (Å²) in [5, 5.41) is 6.26. The van der Waals surface area contributed by atoms with E-state index in [0.717, 1.165) is 34.4 Å². The minimum atomic E-state index is -0.403. The van der Waals surface area contributed by atoms with Gasteiger partial charge in [-0.1, -0.05) is 62.3 Å². The third-order valence-electron chi connectivity index (χ3n) is 6.38. The van der Waals surface area contributed by atoms with Crippen LogP contribution in [0.5, 0.6) is 0 Å². The standard InChI is InChI=1S/C30H40N4O4/c1-4-15-34(16-5-14-32-37)30(36)26-17-25-12-11-24(18-27(25)33-28(31)19-26)23-9-6-22(7-10-23)8-13-29(35)38-20-21(2)3/h6-7,9-12,17-18,21,28,33H,4-5,8,13-16,19-20,31H2,1-3H3. The Morgan fingerprint density at radius 3 is 2.55 bits per heavy atom. The van der Waals surface area contributed by atoms with Gasteiger partial charge in [0.05, 0.1) is 19.3 Å². The Kier molecular flexibility index (Phi) is 11.0. The molecule has 0 bridgehead atoms. The van der Waals surface area contributed by atoms with E-state index in [9.17, 15) is 14.5 Å². The lowest BCUT2D eigenvalue weighted by atomic mass is 9.99. The molecule has 0 saturated heterocycles. The van der Waals surface area contributed by atoms with Gasteiger partial charge in [0.2, 0.25) is 5.91 Å². The SMILES string of the molecule is CCCN(CCCN=O)C(=O)C1=Cc2ccc(-c3ccc(CCC(=O)OCC(C)C)cc3)cc2NC(N)C1. The second-order valence-electron chi connectivity index (χ2n) is 10.2. The van der Waals surface area contributed by atoms with Gasteiger partial charge in [-0.25, -0.2) is 0 Å². The average molecular weight is 521 g/mol. The van der Waals surface area contributed by atoms with Crippen molar-refractivity contribution < 1.29 is 14.3 Å². The van der Waals surface area contributed by atoms with Crippen molar-refractivity contribution >= 4 is 23.6 Å². The van der Waals surface area contributed by atoms with Crippen LogP contribution in [0.15, 0.2) is 53.2 Å². The zero-order valence-electron chi connectivity index (χ0n) is 22.7. The number of esters is 1. The number of nitrogens with two attached hydrogens (primary N) is 1. The Labute approximate surface area is 225 Å². The number of nitroso groups, excluding NO2 is 1. The summed E-state index contributed by atoms with van der Waals surface area (Å²) in [6, 6.07) is 14.3. The molecule has 0 aromatic heterocycles. The average Bonchev–Trinajstić information content (AvgIpc) is 3.07. The summed E-state index contributed by atoms with van der Waals surface area (Å²) in [4.78, 5) is 37.5. The Morgan fingerprint density at radius 1 is 1.13 bits per heavy atom. The van der Waals surface area contributed by atoms with Gasteiger partial charge in [0.15, 0.2) is 0 Å². The van der Waals surface area contributed by atoms with Crippen LogP contribution in [0, 0.1) is 10.8 Å². The number of nitrogens with one attached hydrogen (secondary N) is 1. The first kappa shape index (κ1) is 29.0. The number of fused-ring (bicyclic) bond motifs is 1. The zero-order chi connectivity index (χ0) is 27.5. The summed E-state index contributed by atoms with van der Waals surface area (Å²) in [6.45, 7) is 7.84. The highest BCUT2D eigenvalue weighted by Gasteiger charge is 2.23. The number of nitrogens with zero attached hydrogens (tertiary/aromatic N) is 2. The van der Waals surface area contributed by atoms with E-state index in [1.54, 1.807) is 4.90 Å². The summed E-state index contributed by atoms with van der Waals surface area (Å²) >= 11 is 0. The van der Waals surface area contributed by atoms with Gasteiger partial charge >= 0.3 is 5.97 Å². The number of carbonyl (C=O) groups is 2. The van der Waals surface area contributed by atoms with Crippen molar-refractivity contribution in [2.75, 3.05) is 31.6 Å².